The van der Waals surface area contributed by atoms with Crippen molar-refractivity contribution >= 4 is 0 Å². The fourth-order valence-electron chi connectivity index (χ4n) is 1.93. The van der Waals surface area contributed by atoms with Crippen LogP contribution in [0.25, 0.3) is 10.4 Å². The van der Waals surface area contributed by atoms with Crippen molar-refractivity contribution in [3.63, 3.8) is 0 Å². The first-order chi connectivity index (χ1) is 6.77. The van der Waals surface area contributed by atoms with Crippen LogP contribution < -0.4 is 0 Å². The lowest BCUT2D eigenvalue weighted by Crippen LogP contribution is -2.43. The second-order valence-corrected chi connectivity index (χ2v) is 3.78. The molecular weight excluding hydrogens is 180 g/mol. The summed E-state index contributed by atoms with van der Waals surface area (Å²) in [5, 5.41) is 13.2. The second-order valence-electron chi connectivity index (χ2n) is 3.78. The summed E-state index contributed by atoms with van der Waals surface area (Å²) in [6, 6.07) is 0. The van der Waals surface area contributed by atoms with Gasteiger partial charge in [-0.3, -0.25) is 0 Å². The Morgan fingerprint density at radius 2 is 2.43 bits per heavy atom. The van der Waals surface area contributed by atoms with Crippen molar-refractivity contribution < 1.29 is 5.11 Å². The molecule has 5 nitrogen and oxygen atoms in total. The zero-order valence-corrected chi connectivity index (χ0v) is 8.63. The van der Waals surface area contributed by atoms with Crippen LogP contribution in [0.3, 0.4) is 0 Å². The highest BCUT2D eigenvalue weighted by atomic mass is 16.3. The van der Waals surface area contributed by atoms with Gasteiger partial charge in [0.15, 0.2) is 0 Å². The molecule has 0 aromatic rings. The molecule has 0 amide bonds. The third-order valence-electron chi connectivity index (χ3n) is 2.88. The van der Waals surface area contributed by atoms with Gasteiger partial charge >= 0.3 is 0 Å². The molecule has 1 heterocycles. The molecule has 5 heteroatoms. The van der Waals surface area contributed by atoms with E-state index >= 15 is 0 Å². The minimum absolute atomic E-state index is 0.143. The number of aliphatic hydroxyl groups is 1. The third-order valence-corrected chi connectivity index (χ3v) is 2.88. The fraction of sp³-hybridized carbons (Fsp3) is 1.00. The van der Waals surface area contributed by atoms with Crippen molar-refractivity contribution in [2.24, 2.45) is 11.0 Å². The normalized spacial score (nSPS) is 28.4. The first-order valence-corrected chi connectivity index (χ1v) is 5.19. The van der Waals surface area contributed by atoms with Crippen LogP contribution >= 0.6 is 0 Å². The molecule has 0 saturated carbocycles. The summed E-state index contributed by atoms with van der Waals surface area (Å²) in [6.07, 6.45) is 1.71. The summed E-state index contributed by atoms with van der Waals surface area (Å²) < 4.78 is 0. The first kappa shape index (κ1) is 11.3. The van der Waals surface area contributed by atoms with E-state index in [9.17, 15) is 5.11 Å². The molecule has 14 heavy (non-hydrogen) atoms. The first-order valence-electron chi connectivity index (χ1n) is 5.19. The van der Waals surface area contributed by atoms with Crippen molar-refractivity contribution in [3.8, 4) is 0 Å². The summed E-state index contributed by atoms with van der Waals surface area (Å²) in [4.78, 5) is 4.98. The average molecular weight is 198 g/mol. The van der Waals surface area contributed by atoms with Crippen LogP contribution in [0, 0.1) is 5.92 Å². The molecule has 1 rings (SSSR count). The van der Waals surface area contributed by atoms with Gasteiger partial charge in [-0.25, -0.2) is 0 Å². The largest absolute Gasteiger partial charge is 0.393 e. The van der Waals surface area contributed by atoms with Gasteiger partial charge in [0.2, 0.25) is 0 Å². The molecular formula is C9H18N4O. The summed E-state index contributed by atoms with van der Waals surface area (Å²) >= 11 is 0. The van der Waals surface area contributed by atoms with Crippen LogP contribution in [0.5, 0.6) is 0 Å². The van der Waals surface area contributed by atoms with Crippen molar-refractivity contribution in [2.45, 2.75) is 25.9 Å². The number of hydrogen-bond acceptors (Lipinski definition) is 3. The van der Waals surface area contributed by atoms with Gasteiger partial charge < -0.3 is 10.0 Å². The highest BCUT2D eigenvalue weighted by Gasteiger charge is 2.25. The zero-order chi connectivity index (χ0) is 10.4. The van der Waals surface area contributed by atoms with Crippen LogP contribution in [0.4, 0.5) is 0 Å². The van der Waals surface area contributed by atoms with Gasteiger partial charge in [-0.15, -0.1) is 0 Å². The lowest BCUT2D eigenvalue weighted by atomic mass is 9.92. The lowest BCUT2D eigenvalue weighted by molar-refractivity contribution is 0.0264. The monoisotopic (exact) mass is 198 g/mol. The van der Waals surface area contributed by atoms with Gasteiger partial charge in [0, 0.05) is 31.1 Å². The Labute approximate surface area is 84.3 Å². The van der Waals surface area contributed by atoms with Gasteiger partial charge in [0.05, 0.1) is 6.10 Å². The van der Waals surface area contributed by atoms with Crippen LogP contribution in [0.2, 0.25) is 0 Å². The maximum Gasteiger partial charge on any atom is 0.0592 e. The molecule has 1 N–H and O–H groups in total. The number of hydrogen-bond donors (Lipinski definition) is 1. The van der Waals surface area contributed by atoms with Crippen molar-refractivity contribution in [1.82, 2.24) is 4.90 Å². The molecule has 0 aliphatic carbocycles. The highest BCUT2D eigenvalue weighted by molar-refractivity contribution is 4.79. The van der Waals surface area contributed by atoms with Crippen LogP contribution in [-0.4, -0.2) is 42.3 Å². The van der Waals surface area contributed by atoms with Crippen LogP contribution in [0.1, 0.15) is 19.8 Å². The molecule has 2 unspecified atom stereocenters. The fourth-order valence-corrected chi connectivity index (χ4v) is 1.93. The number of aliphatic hydroxyl groups excluding tert-OH is 1. The van der Waals surface area contributed by atoms with E-state index in [1.807, 2.05) is 0 Å². The van der Waals surface area contributed by atoms with E-state index in [2.05, 4.69) is 21.8 Å². The van der Waals surface area contributed by atoms with E-state index in [1.54, 1.807) is 0 Å². The minimum atomic E-state index is -0.143. The molecule has 1 fully saturated rings. The van der Waals surface area contributed by atoms with E-state index in [0.717, 1.165) is 32.5 Å². The second kappa shape index (κ2) is 5.86. The number of likely N-dealkylation sites (tertiary alicyclic amines) is 1. The van der Waals surface area contributed by atoms with Gasteiger partial charge in [0.1, 0.15) is 0 Å². The van der Waals surface area contributed by atoms with Crippen molar-refractivity contribution in [2.75, 3.05) is 26.2 Å². The van der Waals surface area contributed by atoms with Gasteiger partial charge in [0.25, 0.3) is 0 Å². The van der Waals surface area contributed by atoms with E-state index in [0.29, 0.717) is 12.5 Å². The van der Waals surface area contributed by atoms with Crippen LogP contribution in [-0.2, 0) is 0 Å². The highest BCUT2D eigenvalue weighted by Crippen LogP contribution is 2.19. The van der Waals surface area contributed by atoms with Crippen LogP contribution in [0.15, 0.2) is 5.11 Å². The molecule has 1 aliphatic rings. The number of piperidine rings is 1. The number of azide groups is 1. The Bertz CT molecular complexity index is 215. The SMILES string of the molecule is CCC1CN(CCN=[N+]=[N-])CCC1O. The Hall–Kier alpha value is -0.770. The Balaban J connectivity index is 2.30. The summed E-state index contributed by atoms with van der Waals surface area (Å²) in [7, 11) is 0. The molecule has 0 aromatic carbocycles. The Morgan fingerprint density at radius 1 is 1.64 bits per heavy atom. The minimum Gasteiger partial charge on any atom is -0.393 e. The topological polar surface area (TPSA) is 72.2 Å². The molecule has 0 aromatic heterocycles. The van der Waals surface area contributed by atoms with Gasteiger partial charge in [-0.2, -0.15) is 0 Å². The Morgan fingerprint density at radius 3 is 3.07 bits per heavy atom. The lowest BCUT2D eigenvalue weighted by Gasteiger charge is -2.35. The molecule has 0 spiro atoms. The van der Waals surface area contributed by atoms with Gasteiger partial charge in [-0.05, 0) is 24.3 Å². The smallest absolute Gasteiger partial charge is 0.0592 e. The molecule has 1 aliphatic heterocycles. The zero-order valence-electron chi connectivity index (χ0n) is 8.63. The van der Waals surface area contributed by atoms with Gasteiger partial charge in [-0.1, -0.05) is 12.0 Å². The Kier molecular flexibility index (Phi) is 4.73. The molecule has 0 bridgehead atoms. The maximum absolute atomic E-state index is 9.65. The van der Waals surface area contributed by atoms with Crippen molar-refractivity contribution in [3.05, 3.63) is 10.4 Å². The van der Waals surface area contributed by atoms with Crippen molar-refractivity contribution in [1.29, 1.82) is 0 Å². The summed E-state index contributed by atoms with van der Waals surface area (Å²) in [5.41, 5.74) is 8.14. The predicted molar refractivity (Wildman–Crippen MR) is 54.9 cm³/mol. The average Bonchev–Trinajstić information content (AvgIpc) is 2.21. The van der Waals surface area contributed by atoms with E-state index in [4.69, 9.17) is 5.53 Å². The molecule has 1 saturated heterocycles. The summed E-state index contributed by atoms with van der Waals surface area (Å²) in [5.74, 6) is 0.384. The van der Waals surface area contributed by atoms with E-state index < -0.39 is 0 Å². The summed E-state index contributed by atoms with van der Waals surface area (Å²) in [6.45, 7) is 5.29. The molecule has 0 radical (unpaired) electrons. The maximum atomic E-state index is 9.65. The third kappa shape index (κ3) is 3.18. The predicted octanol–water partition coefficient (Wildman–Crippen LogP) is 1.39. The van der Waals surface area contributed by atoms with E-state index in [1.165, 1.54) is 0 Å². The molecule has 2 atom stereocenters. The number of rotatable bonds is 4. The van der Waals surface area contributed by atoms with E-state index in [-0.39, 0.29) is 6.10 Å². The quantitative estimate of drug-likeness (QED) is 0.421. The number of nitrogens with zero attached hydrogens (tertiary/aromatic N) is 4. The standard InChI is InChI=1S/C9H18N4O/c1-2-8-7-13(5-3-9(8)14)6-4-11-12-10/h8-9,14H,2-7H2,1H3. The molecule has 80 valence electrons.